The van der Waals surface area contributed by atoms with Gasteiger partial charge in [-0.05, 0) is 29.9 Å². The molecular formula is C13H9FN4OS. The molecule has 0 saturated carbocycles. The molecule has 20 heavy (non-hydrogen) atoms. The maximum absolute atomic E-state index is 12.9. The molecule has 0 aliphatic carbocycles. The van der Waals surface area contributed by atoms with E-state index < -0.39 is 0 Å². The number of nitrogens with one attached hydrogen (secondary N) is 1. The molecule has 0 atom stereocenters. The van der Waals surface area contributed by atoms with E-state index in [9.17, 15) is 9.18 Å². The van der Waals surface area contributed by atoms with Gasteiger partial charge in [-0.2, -0.15) is 0 Å². The van der Waals surface area contributed by atoms with E-state index in [0.29, 0.717) is 5.65 Å². The van der Waals surface area contributed by atoms with Crippen molar-refractivity contribution in [1.29, 1.82) is 0 Å². The van der Waals surface area contributed by atoms with Crippen LogP contribution in [0.1, 0.15) is 5.56 Å². The molecule has 100 valence electrons. The second-order valence-corrected chi connectivity index (χ2v) is 4.59. The smallest absolute Gasteiger partial charge is 0.282 e. The quantitative estimate of drug-likeness (QED) is 0.733. The summed E-state index contributed by atoms with van der Waals surface area (Å²) in [5, 5.41) is 0. The number of hydrogen-bond donors (Lipinski definition) is 1. The molecule has 0 fully saturated rings. The number of aromatic nitrogens is 4. The van der Waals surface area contributed by atoms with Gasteiger partial charge in [0, 0.05) is 12.4 Å². The van der Waals surface area contributed by atoms with E-state index >= 15 is 0 Å². The van der Waals surface area contributed by atoms with Gasteiger partial charge in [0.1, 0.15) is 5.82 Å². The summed E-state index contributed by atoms with van der Waals surface area (Å²) >= 11 is 5.16. The second-order valence-electron chi connectivity index (χ2n) is 4.20. The molecule has 2 heterocycles. The third-order valence-electron chi connectivity index (χ3n) is 2.87. The Bertz CT molecular complexity index is 885. The van der Waals surface area contributed by atoms with Crippen LogP contribution in [0.15, 0.2) is 41.5 Å². The summed E-state index contributed by atoms with van der Waals surface area (Å²) in [6.45, 7) is 0.251. The normalized spacial score (nSPS) is 10.8. The number of rotatable bonds is 2. The summed E-state index contributed by atoms with van der Waals surface area (Å²) in [5.74, 6) is -0.323. The minimum atomic E-state index is -0.323. The van der Waals surface area contributed by atoms with Gasteiger partial charge >= 0.3 is 0 Å². The Hall–Kier alpha value is -2.41. The van der Waals surface area contributed by atoms with Crippen LogP contribution in [0.5, 0.6) is 0 Å². The van der Waals surface area contributed by atoms with Gasteiger partial charge in [0.2, 0.25) is 0 Å². The van der Waals surface area contributed by atoms with Gasteiger partial charge in [-0.3, -0.25) is 9.36 Å². The fraction of sp³-hybridized carbons (Fsp3) is 0.0769. The molecule has 0 bridgehead atoms. The van der Waals surface area contributed by atoms with Gasteiger partial charge in [-0.15, -0.1) is 0 Å². The predicted octanol–water partition coefficient (Wildman–Crippen LogP) is 2.04. The summed E-state index contributed by atoms with van der Waals surface area (Å²) in [4.78, 5) is 23.2. The van der Waals surface area contributed by atoms with Crippen molar-refractivity contribution in [2.75, 3.05) is 0 Å². The Balaban J connectivity index is 2.14. The molecule has 3 aromatic rings. The van der Waals surface area contributed by atoms with E-state index in [4.69, 9.17) is 12.2 Å². The Kier molecular flexibility index (Phi) is 3.11. The van der Waals surface area contributed by atoms with Crippen molar-refractivity contribution < 1.29 is 4.39 Å². The lowest BCUT2D eigenvalue weighted by atomic mass is 10.2. The monoisotopic (exact) mass is 288 g/mol. The third-order valence-corrected chi connectivity index (χ3v) is 3.19. The Morgan fingerprint density at radius 2 is 1.90 bits per heavy atom. The molecule has 1 aromatic carbocycles. The van der Waals surface area contributed by atoms with Crippen molar-refractivity contribution in [2.45, 2.75) is 6.54 Å². The molecule has 0 aliphatic rings. The van der Waals surface area contributed by atoms with Crippen LogP contribution in [0.3, 0.4) is 0 Å². The van der Waals surface area contributed by atoms with E-state index in [1.165, 1.54) is 29.1 Å². The number of fused-ring (bicyclic) bond motifs is 1. The first kappa shape index (κ1) is 12.6. The van der Waals surface area contributed by atoms with E-state index in [0.717, 1.165) is 5.56 Å². The zero-order valence-corrected chi connectivity index (χ0v) is 11.0. The van der Waals surface area contributed by atoms with Gasteiger partial charge in [-0.25, -0.2) is 14.4 Å². The number of H-pyrrole nitrogens is 1. The van der Waals surface area contributed by atoms with Crippen LogP contribution in [0, 0.1) is 10.6 Å². The lowest BCUT2D eigenvalue weighted by Crippen LogP contribution is -2.23. The fourth-order valence-corrected chi connectivity index (χ4v) is 2.13. The largest absolute Gasteiger partial charge is 0.315 e. The van der Waals surface area contributed by atoms with Crippen LogP contribution in [0.4, 0.5) is 4.39 Å². The van der Waals surface area contributed by atoms with Crippen LogP contribution in [-0.4, -0.2) is 19.5 Å². The third kappa shape index (κ3) is 2.23. The number of halogens is 1. The number of hydrogen-bond acceptors (Lipinski definition) is 4. The zero-order valence-electron chi connectivity index (χ0n) is 10.2. The highest BCUT2D eigenvalue weighted by Crippen LogP contribution is 2.06. The summed E-state index contributed by atoms with van der Waals surface area (Å²) in [7, 11) is 0. The lowest BCUT2D eigenvalue weighted by molar-refractivity contribution is 0.625. The maximum atomic E-state index is 12.9. The first-order valence-electron chi connectivity index (χ1n) is 5.83. The van der Waals surface area contributed by atoms with Crippen LogP contribution in [0.2, 0.25) is 0 Å². The van der Waals surface area contributed by atoms with E-state index in [-0.39, 0.29) is 28.2 Å². The standard InChI is InChI=1S/C13H9FN4OS/c14-9-3-1-8(2-4-9)7-18-12(19)10-11(17-13(18)20)16-6-5-15-10/h1-6H,7H2,(H,16,17,20). The topological polar surface area (TPSA) is 63.6 Å². The number of nitrogens with zero attached hydrogens (tertiary/aromatic N) is 3. The first-order chi connectivity index (χ1) is 9.65. The molecule has 0 aliphatic heterocycles. The van der Waals surface area contributed by atoms with Crippen LogP contribution in [-0.2, 0) is 6.54 Å². The fourth-order valence-electron chi connectivity index (χ4n) is 1.89. The summed E-state index contributed by atoms with van der Waals surface area (Å²) in [5.41, 5.74) is 1.04. The number of benzene rings is 1. The highest BCUT2D eigenvalue weighted by Gasteiger charge is 2.07. The molecule has 7 heteroatoms. The Labute approximate surface area is 117 Å². The minimum Gasteiger partial charge on any atom is -0.315 e. The lowest BCUT2D eigenvalue weighted by Gasteiger charge is -2.07. The molecule has 0 unspecified atom stereocenters. The molecule has 0 amide bonds. The van der Waals surface area contributed by atoms with Crippen molar-refractivity contribution in [3.8, 4) is 0 Å². The predicted molar refractivity (Wildman–Crippen MR) is 74.5 cm³/mol. The van der Waals surface area contributed by atoms with Crippen molar-refractivity contribution in [1.82, 2.24) is 19.5 Å². The molecule has 0 radical (unpaired) electrons. The molecule has 3 rings (SSSR count). The van der Waals surface area contributed by atoms with E-state index in [1.54, 1.807) is 12.1 Å². The van der Waals surface area contributed by atoms with Crippen molar-refractivity contribution in [3.05, 3.63) is 63.2 Å². The Morgan fingerprint density at radius 1 is 1.20 bits per heavy atom. The maximum Gasteiger partial charge on any atom is 0.282 e. The summed E-state index contributed by atoms with van der Waals surface area (Å²) in [6.07, 6.45) is 2.93. The summed E-state index contributed by atoms with van der Waals surface area (Å²) < 4.78 is 14.5. The van der Waals surface area contributed by atoms with Gasteiger partial charge in [0.15, 0.2) is 15.9 Å². The highest BCUT2D eigenvalue weighted by atomic mass is 32.1. The van der Waals surface area contributed by atoms with Crippen LogP contribution >= 0.6 is 12.2 Å². The van der Waals surface area contributed by atoms with Gasteiger partial charge in [-0.1, -0.05) is 12.1 Å². The van der Waals surface area contributed by atoms with Gasteiger partial charge < -0.3 is 4.98 Å². The minimum absolute atomic E-state index is 0.225. The van der Waals surface area contributed by atoms with Crippen molar-refractivity contribution in [3.63, 3.8) is 0 Å². The highest BCUT2D eigenvalue weighted by molar-refractivity contribution is 7.71. The first-order valence-corrected chi connectivity index (χ1v) is 6.24. The molecule has 2 aromatic heterocycles. The molecule has 5 nitrogen and oxygen atoms in total. The van der Waals surface area contributed by atoms with E-state index in [1.807, 2.05) is 0 Å². The average Bonchev–Trinajstić information content (AvgIpc) is 2.45. The average molecular weight is 288 g/mol. The number of aromatic amines is 1. The van der Waals surface area contributed by atoms with Gasteiger partial charge in [0.25, 0.3) is 5.56 Å². The van der Waals surface area contributed by atoms with Crippen LogP contribution in [0.25, 0.3) is 11.2 Å². The van der Waals surface area contributed by atoms with Crippen molar-refractivity contribution in [2.24, 2.45) is 0 Å². The Morgan fingerprint density at radius 3 is 2.65 bits per heavy atom. The van der Waals surface area contributed by atoms with Crippen LogP contribution < -0.4 is 5.56 Å². The second kappa shape index (κ2) is 4.93. The van der Waals surface area contributed by atoms with Crippen molar-refractivity contribution >= 4 is 23.4 Å². The summed E-state index contributed by atoms with van der Waals surface area (Å²) in [6, 6.07) is 5.90. The van der Waals surface area contributed by atoms with Gasteiger partial charge in [0.05, 0.1) is 6.54 Å². The SMILES string of the molecule is O=c1c2nccnc2[nH]c(=S)n1Cc1ccc(F)cc1. The van der Waals surface area contributed by atoms with E-state index in [2.05, 4.69) is 15.0 Å². The zero-order chi connectivity index (χ0) is 14.1. The molecular weight excluding hydrogens is 279 g/mol. The molecule has 0 saturated heterocycles. The molecule has 1 N–H and O–H groups in total. The molecule has 0 spiro atoms.